The molecule has 100 heavy (non-hydrogen) atoms. The Hall–Kier alpha value is -7.65. The highest BCUT2D eigenvalue weighted by Crippen LogP contribution is 2.32. The Morgan fingerprint density at radius 1 is 0.720 bits per heavy atom. The van der Waals surface area contributed by atoms with E-state index >= 15 is 0 Å². The van der Waals surface area contributed by atoms with Gasteiger partial charge in [0.2, 0.25) is 35.4 Å². The number of phenols is 1. The molecule has 4 aliphatic heterocycles. The summed E-state index contributed by atoms with van der Waals surface area (Å²) in [5.74, 6) is -8.72. The van der Waals surface area contributed by atoms with Gasteiger partial charge in [0.25, 0.3) is 18.2 Å². The van der Waals surface area contributed by atoms with E-state index in [9.17, 15) is 74.6 Å². The van der Waals surface area contributed by atoms with Crippen molar-refractivity contribution in [2.24, 2.45) is 5.92 Å². The molecular formula is C68H101N11O20S. The summed E-state index contributed by atoms with van der Waals surface area (Å²) >= 11 is 0.0707. The van der Waals surface area contributed by atoms with E-state index in [1.165, 1.54) is 25.1 Å². The first-order chi connectivity index (χ1) is 47.7. The fourth-order valence-electron chi connectivity index (χ4n) is 12.7. The third-order valence-electron chi connectivity index (χ3n) is 18.1. The smallest absolute Gasteiger partial charge is 0.261 e. The van der Waals surface area contributed by atoms with Crippen LogP contribution < -0.4 is 45.3 Å². The number of amides is 7. The molecule has 4 fully saturated rings. The second-order valence-corrected chi connectivity index (χ2v) is 26.5. The number of nitrogens with zero attached hydrogens (tertiary/aromatic N) is 6. The highest BCUT2D eigenvalue weighted by atomic mass is 32.2. The number of anilines is 2. The zero-order valence-electron chi connectivity index (χ0n) is 58.0. The molecule has 554 valence electrons. The van der Waals surface area contributed by atoms with Crippen molar-refractivity contribution < 1.29 is 97.6 Å². The van der Waals surface area contributed by atoms with Crippen LogP contribution in [0.5, 0.6) is 17.2 Å². The largest absolute Gasteiger partial charge is 0.504 e. The number of aliphatic hydroxyl groups is 6. The summed E-state index contributed by atoms with van der Waals surface area (Å²) in [6.07, 6.45) is -7.63. The van der Waals surface area contributed by atoms with Gasteiger partial charge in [0, 0.05) is 114 Å². The number of carbonyl (C=O) groups is 7. The summed E-state index contributed by atoms with van der Waals surface area (Å²) in [6, 6.07) is 9.81. The molecule has 4 saturated heterocycles. The van der Waals surface area contributed by atoms with Gasteiger partial charge in [-0.3, -0.25) is 38.5 Å². The predicted octanol–water partition coefficient (Wildman–Crippen LogP) is 1.04. The van der Waals surface area contributed by atoms with Gasteiger partial charge in [-0.05, 0) is 120 Å². The van der Waals surface area contributed by atoms with Gasteiger partial charge in [-0.2, -0.15) is 5.26 Å². The van der Waals surface area contributed by atoms with Crippen molar-refractivity contribution in [3.63, 3.8) is 0 Å². The average Bonchev–Trinajstić information content (AvgIpc) is 1.61. The van der Waals surface area contributed by atoms with E-state index in [1.807, 2.05) is 24.3 Å². The molecule has 0 spiro atoms. The molecule has 0 radical (unpaired) electrons. The highest BCUT2D eigenvalue weighted by molar-refractivity contribution is 7.90. The minimum absolute atomic E-state index is 0.0707. The maximum atomic E-state index is 14.6. The van der Waals surface area contributed by atoms with Gasteiger partial charge in [0.15, 0.2) is 11.5 Å². The van der Waals surface area contributed by atoms with Gasteiger partial charge in [-0.15, -0.1) is 0 Å². The van der Waals surface area contributed by atoms with Gasteiger partial charge in [0.05, 0.1) is 55.7 Å². The molecule has 0 unspecified atom stereocenters. The first-order valence-electron chi connectivity index (χ1n) is 34.0. The van der Waals surface area contributed by atoms with E-state index in [2.05, 4.69) is 85.3 Å². The van der Waals surface area contributed by atoms with E-state index < -0.39 is 165 Å². The number of methoxy groups -OCH3 is 1. The van der Waals surface area contributed by atoms with Crippen molar-refractivity contribution in [2.75, 3.05) is 82.5 Å². The number of fused-ring (bicyclic) bond motifs is 2. The minimum Gasteiger partial charge on any atom is -0.504 e. The number of phenolic OH excluding ortho intramolecular Hbond substituents is 1. The number of ether oxygens (including phenoxy) is 2. The maximum Gasteiger partial charge on any atom is 0.261 e. The van der Waals surface area contributed by atoms with Gasteiger partial charge in [-0.1, -0.05) is 48.5 Å². The van der Waals surface area contributed by atoms with Gasteiger partial charge in [-0.25, -0.2) is 5.26 Å². The molecule has 4 heterocycles. The zero-order chi connectivity index (χ0) is 73.3. The second-order valence-electron chi connectivity index (χ2n) is 26.1. The molecule has 13 N–H and O–H groups in total. The number of piperazine rings is 1. The summed E-state index contributed by atoms with van der Waals surface area (Å²) in [4.78, 5) is 110. The number of aromatic hydroxyl groups is 1. The molecule has 0 saturated carbocycles. The van der Waals surface area contributed by atoms with Crippen LogP contribution in [0.3, 0.4) is 0 Å². The normalized spacial score (nSPS) is 24.5. The number of hydrogen-bond acceptors (Lipinski definition) is 25. The average molecular weight is 1420 g/mol. The third-order valence-corrected chi connectivity index (χ3v) is 18.5. The van der Waals surface area contributed by atoms with Crippen molar-refractivity contribution in [2.45, 2.75) is 191 Å². The fourth-order valence-corrected chi connectivity index (χ4v) is 13.0. The molecule has 0 aromatic heterocycles. The second kappa shape index (κ2) is 40.1. The molecule has 13 atom stereocenters. The molecule has 3 aromatic carbocycles. The standard InChI is InChI=1S/C60H82N10O20S.C8H19N/c1-34-32-70-52(53(34)77)58(82)62-31-40(72)29-43(63-54(78)37-10-12-38(13-11-37)67-21-23-68(24-22-67)39-14-16-42(17-15-39)87-26-8-6-4-5-7-25-86-3)55(79)64-49(35(2)71)59(83)69-33-41(73)30-44(69)56(80)65-50(57(81)66-51(60(70)84)46(75)19-20-61)47(76)27-36-9-18-45(74)48(28-36)88-91-90-89-85;1-6-9(7(2)3)8(4)5/h9-18,28,34-35,40-41,43-44,46-47,49-53,71-77,85H,4-8,19,21-27,29-33H2,1-3H3,(H,62,82)(H,63,78)(H,64,79)(H,65,80)(H,66,81);7-8H,6H2,1-5H3/t34-,35+,40+,41+,43+,44+,46-,47-,49+,50+,51+,52+,53+;/m1./s1. The Balaban J connectivity index is 0.00000163. The fraction of sp³-hybridized carbons (Fsp3) is 0.618. The molecule has 7 rings (SSSR count). The minimum atomic E-state index is -2.15. The third kappa shape index (κ3) is 23.2. The molecule has 32 heteroatoms. The maximum absolute atomic E-state index is 14.6. The Labute approximate surface area is 587 Å². The molecule has 31 nitrogen and oxygen atoms in total. The summed E-state index contributed by atoms with van der Waals surface area (Å²) in [5, 5.41) is 112. The Kier molecular flexibility index (Phi) is 32.6. The number of hydrogen-bond donors (Lipinski definition) is 13. The molecular weight excluding hydrogens is 1320 g/mol. The Morgan fingerprint density at radius 3 is 1.89 bits per heavy atom. The summed E-state index contributed by atoms with van der Waals surface area (Å²) in [7, 11) is 1.71. The van der Waals surface area contributed by atoms with Crippen molar-refractivity contribution in [3.8, 4) is 23.3 Å². The van der Waals surface area contributed by atoms with E-state index in [-0.39, 0.29) is 35.7 Å². The lowest BCUT2D eigenvalue weighted by molar-refractivity contribution is -0.433. The first-order valence-corrected chi connectivity index (χ1v) is 34.6. The summed E-state index contributed by atoms with van der Waals surface area (Å²) < 4.78 is 20.4. The number of benzene rings is 3. The number of β-amino-alcohol motifs (C(OH)–C–C–N with tert-alkyl or cyclic N) is 1. The van der Waals surface area contributed by atoms with E-state index in [0.29, 0.717) is 44.9 Å². The van der Waals surface area contributed by atoms with Crippen LogP contribution in [0.1, 0.15) is 116 Å². The van der Waals surface area contributed by atoms with Crippen LogP contribution >= 0.6 is 12.3 Å². The number of nitriles is 1. The topological polar surface area (TPSA) is 428 Å². The first kappa shape index (κ1) is 81.3. The number of unbranched alkanes of at least 4 members (excludes halogenated alkanes) is 4. The molecule has 0 bridgehead atoms. The van der Waals surface area contributed by atoms with Crippen LogP contribution in [0.2, 0.25) is 0 Å². The van der Waals surface area contributed by atoms with Crippen LogP contribution in [0, 0.1) is 17.2 Å². The lowest BCUT2D eigenvalue weighted by Gasteiger charge is -2.37. The summed E-state index contributed by atoms with van der Waals surface area (Å²) in [5.41, 5.74) is 2.05. The quantitative estimate of drug-likeness (QED) is 0.0231. The van der Waals surface area contributed by atoms with E-state index in [4.69, 9.17) is 18.9 Å². The van der Waals surface area contributed by atoms with Crippen molar-refractivity contribution >= 4 is 65.0 Å². The van der Waals surface area contributed by atoms with Gasteiger partial charge < -0.3 is 95.6 Å². The molecule has 7 amide bonds. The van der Waals surface area contributed by atoms with Gasteiger partial charge in [0.1, 0.15) is 42.0 Å². The van der Waals surface area contributed by atoms with Crippen LogP contribution in [-0.2, 0) is 49.3 Å². The summed E-state index contributed by atoms with van der Waals surface area (Å²) in [6.45, 7) is 17.5. The molecule has 0 aliphatic carbocycles. The van der Waals surface area contributed by atoms with Crippen molar-refractivity contribution in [1.82, 2.24) is 41.3 Å². The lowest BCUT2D eigenvalue weighted by Crippen LogP contribution is -2.64. The number of aliphatic hydroxyl groups excluding tert-OH is 6. The zero-order valence-corrected chi connectivity index (χ0v) is 58.8. The number of rotatable bonds is 26. The lowest BCUT2D eigenvalue weighted by atomic mass is 9.98. The Bertz CT molecular complexity index is 3150. The molecule has 3 aromatic rings. The van der Waals surface area contributed by atoms with Crippen molar-refractivity contribution in [1.29, 1.82) is 5.26 Å². The van der Waals surface area contributed by atoms with E-state index in [0.717, 1.165) is 91.2 Å². The monoisotopic (exact) mass is 1420 g/mol. The number of nitrogens with one attached hydrogen (secondary N) is 5. The molecule has 4 aliphatic rings. The van der Waals surface area contributed by atoms with Crippen LogP contribution in [-0.4, -0.2) is 255 Å². The predicted molar refractivity (Wildman–Crippen MR) is 367 cm³/mol. The number of carbonyl (C=O) groups excluding carboxylic acids is 7. The highest BCUT2D eigenvalue weighted by Gasteiger charge is 2.50. The van der Waals surface area contributed by atoms with Crippen LogP contribution in [0.15, 0.2) is 66.7 Å². The van der Waals surface area contributed by atoms with Crippen LogP contribution in [0.25, 0.3) is 0 Å². The van der Waals surface area contributed by atoms with E-state index in [1.54, 1.807) is 25.3 Å². The van der Waals surface area contributed by atoms with Crippen molar-refractivity contribution in [3.05, 3.63) is 77.9 Å². The SMILES string of the molecule is CCN(C(C)C)C(C)C.COCCCCCCCOc1ccc(N2CCN(c3ccc(C(=O)N[C@H]4C[C@H](O)CNC(=O)[C@@H]5[C@@H](O)[C@H](C)CN5C(=O)[C@H]([C@H](O)CC#N)NC(=O)[C@H]([C@H](O)Cc5ccc(O)c(OSOOO)c5)NC(=O)[C@@H]5C[C@H](O)CN5C(=O)[C@H]([C@H](C)O)NC4=O)cc3)CC2)cc1. The Morgan fingerprint density at radius 2 is 1.31 bits per heavy atom. The van der Waals surface area contributed by atoms with Crippen LogP contribution in [0.4, 0.5) is 11.4 Å². The van der Waals surface area contributed by atoms with Gasteiger partial charge >= 0.3 is 0 Å².